The number of anilines is 1. The summed E-state index contributed by atoms with van der Waals surface area (Å²) in [5.74, 6) is -1.28. The van der Waals surface area contributed by atoms with Crippen LogP contribution in [0.2, 0.25) is 0 Å². The van der Waals surface area contributed by atoms with Crippen molar-refractivity contribution >= 4 is 63.0 Å². The lowest BCUT2D eigenvalue weighted by Gasteiger charge is -2.14. The Bertz CT molecular complexity index is 1120. The molecular formula is C19H11N3O3S2. The minimum absolute atomic E-state index is 0.147. The van der Waals surface area contributed by atoms with Crippen LogP contribution in [0.5, 0.6) is 0 Å². The number of nitrogens with zero attached hydrogens (tertiary/aromatic N) is 3. The van der Waals surface area contributed by atoms with Gasteiger partial charge in [-0.15, -0.1) is 0 Å². The molecule has 3 aromatic rings. The molecule has 1 saturated heterocycles. The summed E-state index contributed by atoms with van der Waals surface area (Å²) in [6.45, 7) is 0. The fourth-order valence-electron chi connectivity index (χ4n) is 2.72. The number of benzene rings is 2. The smallest absolute Gasteiger partial charge is 0.335 e. The van der Waals surface area contributed by atoms with Gasteiger partial charge >= 0.3 is 5.97 Å². The van der Waals surface area contributed by atoms with E-state index in [1.165, 1.54) is 28.8 Å². The van der Waals surface area contributed by atoms with Crippen molar-refractivity contribution in [1.29, 1.82) is 0 Å². The number of aromatic carboxylic acids is 1. The molecule has 0 aliphatic carbocycles. The van der Waals surface area contributed by atoms with Crippen LogP contribution >= 0.6 is 24.0 Å². The fraction of sp³-hybridized carbons (Fsp3) is 0. The highest BCUT2D eigenvalue weighted by Crippen LogP contribution is 2.36. The predicted octanol–water partition coefficient (Wildman–Crippen LogP) is 3.73. The number of thioether (sulfide) groups is 1. The molecule has 1 N–H and O–H groups in total. The number of fused-ring (bicyclic) bond motifs is 1. The monoisotopic (exact) mass is 393 g/mol. The zero-order valence-electron chi connectivity index (χ0n) is 13.7. The third kappa shape index (κ3) is 3.20. The first-order valence-corrected chi connectivity index (χ1v) is 9.08. The van der Waals surface area contributed by atoms with Crippen molar-refractivity contribution < 1.29 is 14.7 Å². The molecule has 0 saturated carbocycles. The predicted molar refractivity (Wildman–Crippen MR) is 109 cm³/mol. The van der Waals surface area contributed by atoms with Crippen molar-refractivity contribution in [2.45, 2.75) is 0 Å². The van der Waals surface area contributed by atoms with Gasteiger partial charge in [-0.25, -0.2) is 4.79 Å². The molecule has 2 heterocycles. The van der Waals surface area contributed by atoms with Gasteiger partial charge in [0, 0.05) is 18.0 Å². The van der Waals surface area contributed by atoms with Crippen molar-refractivity contribution in [2.24, 2.45) is 0 Å². The summed E-state index contributed by atoms with van der Waals surface area (Å²) >= 11 is 6.55. The van der Waals surface area contributed by atoms with Gasteiger partial charge in [-0.2, -0.15) is 0 Å². The Hall–Kier alpha value is -3.10. The van der Waals surface area contributed by atoms with Crippen LogP contribution in [0.3, 0.4) is 0 Å². The SMILES string of the molecule is O=C(O)c1ccc(N2C(=O)/C(=C/c3cccc4nccnc34)SC2=S)cc1. The third-order valence-electron chi connectivity index (χ3n) is 3.98. The van der Waals surface area contributed by atoms with E-state index in [0.717, 1.165) is 11.1 Å². The maximum absolute atomic E-state index is 12.9. The average molecular weight is 393 g/mol. The van der Waals surface area contributed by atoms with Crippen LogP contribution in [0.15, 0.2) is 59.8 Å². The molecule has 8 heteroatoms. The highest BCUT2D eigenvalue weighted by Gasteiger charge is 2.33. The maximum atomic E-state index is 12.9. The van der Waals surface area contributed by atoms with Crippen molar-refractivity contribution in [3.05, 3.63) is 70.9 Å². The van der Waals surface area contributed by atoms with Gasteiger partial charge in [0.1, 0.15) is 0 Å². The summed E-state index contributed by atoms with van der Waals surface area (Å²) in [5.41, 5.74) is 2.90. The van der Waals surface area contributed by atoms with E-state index in [-0.39, 0.29) is 11.5 Å². The van der Waals surface area contributed by atoms with Gasteiger partial charge in [0.15, 0.2) is 4.32 Å². The molecule has 2 aromatic carbocycles. The van der Waals surface area contributed by atoms with Crippen LogP contribution in [0, 0.1) is 0 Å². The first-order chi connectivity index (χ1) is 13.0. The van der Waals surface area contributed by atoms with Crippen LogP contribution in [-0.2, 0) is 4.79 Å². The molecule has 0 radical (unpaired) electrons. The van der Waals surface area contributed by atoms with E-state index in [1.807, 2.05) is 18.2 Å². The second-order valence-corrected chi connectivity index (χ2v) is 7.32. The minimum Gasteiger partial charge on any atom is -0.478 e. The average Bonchev–Trinajstić information content (AvgIpc) is 2.95. The minimum atomic E-state index is -1.02. The van der Waals surface area contributed by atoms with Crippen molar-refractivity contribution in [3.63, 3.8) is 0 Å². The summed E-state index contributed by atoms with van der Waals surface area (Å²) < 4.78 is 0.389. The van der Waals surface area contributed by atoms with E-state index >= 15 is 0 Å². The Balaban J connectivity index is 1.70. The molecule has 1 aliphatic heterocycles. The van der Waals surface area contributed by atoms with Gasteiger partial charge in [0.05, 0.1) is 27.2 Å². The summed E-state index contributed by atoms with van der Waals surface area (Å²) in [7, 11) is 0. The number of hydrogen-bond acceptors (Lipinski definition) is 6. The van der Waals surface area contributed by atoms with Crippen LogP contribution in [0.4, 0.5) is 5.69 Å². The summed E-state index contributed by atoms with van der Waals surface area (Å²) in [5, 5.41) is 9.01. The van der Waals surface area contributed by atoms with Gasteiger partial charge in [-0.1, -0.05) is 36.1 Å². The van der Waals surface area contributed by atoms with Crippen LogP contribution < -0.4 is 4.90 Å². The number of aromatic nitrogens is 2. The molecule has 132 valence electrons. The molecular weight excluding hydrogens is 382 g/mol. The number of hydrogen-bond donors (Lipinski definition) is 1. The van der Waals surface area contributed by atoms with E-state index in [4.69, 9.17) is 17.3 Å². The molecule has 0 atom stereocenters. The molecule has 0 bridgehead atoms. The molecule has 1 aromatic heterocycles. The molecule has 0 unspecified atom stereocenters. The Labute approximate surface area is 163 Å². The van der Waals surface area contributed by atoms with E-state index in [0.29, 0.717) is 20.4 Å². The first-order valence-electron chi connectivity index (χ1n) is 7.85. The Morgan fingerprint density at radius 2 is 1.85 bits per heavy atom. The van der Waals surface area contributed by atoms with Gasteiger partial charge < -0.3 is 5.11 Å². The summed E-state index contributed by atoms with van der Waals surface area (Å²) in [6, 6.07) is 11.6. The maximum Gasteiger partial charge on any atom is 0.335 e. The number of carbonyl (C=O) groups excluding carboxylic acids is 1. The fourth-order valence-corrected chi connectivity index (χ4v) is 4.01. The number of carbonyl (C=O) groups is 2. The van der Waals surface area contributed by atoms with Gasteiger partial charge in [-0.05, 0) is 36.4 Å². The number of amides is 1. The Morgan fingerprint density at radius 1 is 1.11 bits per heavy atom. The largest absolute Gasteiger partial charge is 0.478 e. The normalized spacial score (nSPS) is 15.7. The molecule has 4 rings (SSSR count). The van der Waals surface area contributed by atoms with E-state index in [9.17, 15) is 9.59 Å². The second kappa shape index (κ2) is 6.90. The van der Waals surface area contributed by atoms with Crippen LogP contribution in [0.1, 0.15) is 15.9 Å². The van der Waals surface area contributed by atoms with Crippen LogP contribution in [-0.4, -0.2) is 31.3 Å². The number of carboxylic acid groups (broad SMARTS) is 1. The molecule has 1 amide bonds. The first kappa shape index (κ1) is 17.3. The van der Waals surface area contributed by atoms with Gasteiger partial charge in [0.2, 0.25) is 0 Å². The highest BCUT2D eigenvalue weighted by molar-refractivity contribution is 8.27. The topological polar surface area (TPSA) is 83.4 Å². The molecule has 1 aliphatic rings. The second-order valence-electron chi connectivity index (χ2n) is 5.64. The quantitative estimate of drug-likeness (QED) is 0.536. The Morgan fingerprint density at radius 3 is 2.59 bits per heavy atom. The lowest BCUT2D eigenvalue weighted by Crippen LogP contribution is -2.27. The molecule has 27 heavy (non-hydrogen) atoms. The standard InChI is InChI=1S/C19H11N3O3S2/c23-17-15(10-12-2-1-3-14-16(12)21-9-8-20-14)27-19(26)22(17)13-6-4-11(5-7-13)18(24)25/h1-10H,(H,24,25)/b15-10-. The Kier molecular flexibility index (Phi) is 4.43. The number of thiocarbonyl (C=S) groups is 1. The molecule has 1 fully saturated rings. The van der Waals surface area contributed by atoms with Gasteiger partial charge in [-0.3, -0.25) is 19.7 Å². The number of carboxylic acids is 1. The van der Waals surface area contributed by atoms with Crippen molar-refractivity contribution in [1.82, 2.24) is 9.97 Å². The lowest BCUT2D eigenvalue weighted by molar-refractivity contribution is -0.113. The van der Waals surface area contributed by atoms with Gasteiger partial charge in [0.25, 0.3) is 5.91 Å². The number of para-hydroxylation sites is 1. The van der Waals surface area contributed by atoms with E-state index < -0.39 is 5.97 Å². The van der Waals surface area contributed by atoms with Crippen molar-refractivity contribution in [3.8, 4) is 0 Å². The zero-order valence-corrected chi connectivity index (χ0v) is 15.3. The van der Waals surface area contributed by atoms with E-state index in [2.05, 4.69) is 9.97 Å². The van der Waals surface area contributed by atoms with Crippen molar-refractivity contribution in [2.75, 3.05) is 4.90 Å². The summed E-state index contributed by atoms with van der Waals surface area (Å²) in [6.07, 6.45) is 4.98. The lowest BCUT2D eigenvalue weighted by atomic mass is 10.1. The third-order valence-corrected chi connectivity index (χ3v) is 5.28. The highest BCUT2D eigenvalue weighted by atomic mass is 32.2. The zero-order chi connectivity index (χ0) is 19.0. The number of rotatable bonds is 3. The molecule has 6 nitrogen and oxygen atoms in total. The summed E-state index contributed by atoms with van der Waals surface area (Å²) in [4.78, 5) is 34.3. The molecule has 0 spiro atoms. The van der Waals surface area contributed by atoms with E-state index in [1.54, 1.807) is 30.6 Å². The van der Waals surface area contributed by atoms with Crippen LogP contribution in [0.25, 0.3) is 17.1 Å².